The summed E-state index contributed by atoms with van der Waals surface area (Å²) in [6, 6.07) is 11.5. The molecule has 0 radical (unpaired) electrons. The molecule has 1 aliphatic heterocycles. The van der Waals surface area contributed by atoms with Gasteiger partial charge in [-0.2, -0.15) is 8.42 Å². The molecule has 2 aromatic heterocycles. The van der Waals surface area contributed by atoms with Crippen LogP contribution in [0.2, 0.25) is 0 Å². The standard InChI is InChI=1S/C27H32FN5O4S.2H2/c1-16(2)37-20-12-18(11-19(28)13-20)22-10-9-21(25(30-22)33-15-17(3)14-27(33,4)5)26(34)32-38(35,36)24-8-6-7-23(29)31-24;;/h6-13,16-17H,14-15H2,1-5H3,(H2,29,31)(H,32,34);2*1H. The summed E-state index contributed by atoms with van der Waals surface area (Å²) in [6.45, 7) is 10.5. The van der Waals surface area contributed by atoms with E-state index in [1.54, 1.807) is 12.1 Å². The third kappa shape index (κ3) is 5.88. The SMILES string of the molecule is CC1CN(c2nc(-c3cc(F)cc(OC(C)C)c3)ccc2C(=O)NS(=O)(=O)c2cccc(N)n2)C(C)(C)C1.[HH].[HH]. The minimum absolute atomic E-state index is 0. The molecule has 0 saturated carbocycles. The number of carbonyl (C=O) groups is 1. The first-order chi connectivity index (χ1) is 17.7. The molecule has 3 aromatic rings. The predicted molar refractivity (Wildman–Crippen MR) is 148 cm³/mol. The number of amides is 1. The number of carbonyl (C=O) groups excluding carboxylic acids is 1. The van der Waals surface area contributed by atoms with Gasteiger partial charge in [0.15, 0.2) is 5.03 Å². The Kier molecular flexibility index (Phi) is 7.33. The van der Waals surface area contributed by atoms with Crippen LogP contribution in [-0.2, 0) is 10.0 Å². The minimum atomic E-state index is -4.30. The molecule has 38 heavy (non-hydrogen) atoms. The first-order valence-electron chi connectivity index (χ1n) is 12.3. The fraction of sp³-hybridized carbons (Fsp3) is 0.370. The van der Waals surface area contributed by atoms with E-state index in [1.165, 1.54) is 36.4 Å². The average Bonchev–Trinajstić information content (AvgIpc) is 3.09. The molecule has 1 atom stereocenters. The van der Waals surface area contributed by atoms with Crippen molar-refractivity contribution >= 4 is 27.6 Å². The van der Waals surface area contributed by atoms with E-state index < -0.39 is 21.7 Å². The number of ether oxygens (including phenoxy) is 1. The van der Waals surface area contributed by atoms with Crippen LogP contribution in [0.4, 0.5) is 16.0 Å². The molecule has 0 bridgehead atoms. The summed E-state index contributed by atoms with van der Waals surface area (Å²) < 4.78 is 48.0. The number of hydrogen-bond acceptors (Lipinski definition) is 8. The van der Waals surface area contributed by atoms with Crippen LogP contribution >= 0.6 is 0 Å². The highest BCUT2D eigenvalue weighted by Gasteiger charge is 2.39. The Morgan fingerprint density at radius 3 is 2.58 bits per heavy atom. The van der Waals surface area contributed by atoms with Crippen molar-refractivity contribution in [2.75, 3.05) is 17.2 Å². The number of sulfonamides is 1. The fourth-order valence-corrected chi connectivity index (χ4v) is 5.75. The van der Waals surface area contributed by atoms with Gasteiger partial charge < -0.3 is 15.4 Å². The highest BCUT2D eigenvalue weighted by atomic mass is 32.2. The molecule has 0 spiro atoms. The highest BCUT2D eigenvalue weighted by molar-refractivity contribution is 7.90. The smallest absolute Gasteiger partial charge is 0.281 e. The lowest BCUT2D eigenvalue weighted by Gasteiger charge is -2.34. The van der Waals surface area contributed by atoms with Crippen LogP contribution in [0.25, 0.3) is 11.3 Å². The molecule has 1 saturated heterocycles. The average molecular weight is 546 g/mol. The number of nitrogens with two attached hydrogens (primary N) is 1. The van der Waals surface area contributed by atoms with E-state index in [4.69, 9.17) is 15.5 Å². The van der Waals surface area contributed by atoms with Crippen molar-refractivity contribution in [3.63, 3.8) is 0 Å². The molecule has 206 valence electrons. The minimum Gasteiger partial charge on any atom is -0.491 e. The maximum Gasteiger partial charge on any atom is 0.281 e. The fourth-order valence-electron chi connectivity index (χ4n) is 4.81. The Hall–Kier alpha value is -3.73. The van der Waals surface area contributed by atoms with Crippen LogP contribution < -0.4 is 20.1 Å². The maximum atomic E-state index is 14.5. The lowest BCUT2D eigenvalue weighted by atomic mass is 9.97. The summed E-state index contributed by atoms with van der Waals surface area (Å²) >= 11 is 0. The van der Waals surface area contributed by atoms with Gasteiger partial charge in [-0.25, -0.2) is 19.1 Å². The van der Waals surface area contributed by atoms with Gasteiger partial charge in [0.2, 0.25) is 0 Å². The van der Waals surface area contributed by atoms with Gasteiger partial charge in [-0.1, -0.05) is 13.0 Å². The van der Waals surface area contributed by atoms with Crippen LogP contribution in [0.5, 0.6) is 5.75 Å². The van der Waals surface area contributed by atoms with E-state index in [0.717, 1.165) is 6.42 Å². The number of aromatic nitrogens is 2. The Labute approximate surface area is 225 Å². The number of rotatable bonds is 7. The number of benzene rings is 1. The lowest BCUT2D eigenvalue weighted by molar-refractivity contribution is 0.0981. The summed E-state index contributed by atoms with van der Waals surface area (Å²) in [7, 11) is -4.30. The van der Waals surface area contributed by atoms with Crippen molar-refractivity contribution < 1.29 is 25.2 Å². The highest BCUT2D eigenvalue weighted by Crippen LogP contribution is 2.38. The Bertz CT molecular complexity index is 1490. The van der Waals surface area contributed by atoms with E-state index >= 15 is 0 Å². The Morgan fingerprint density at radius 1 is 1.21 bits per heavy atom. The van der Waals surface area contributed by atoms with Gasteiger partial charge in [0.05, 0.1) is 17.4 Å². The molecule has 0 aliphatic carbocycles. The number of nitrogens with one attached hydrogen (secondary N) is 1. The molecule has 1 aliphatic rings. The van der Waals surface area contributed by atoms with Gasteiger partial charge in [-0.05, 0) is 76.4 Å². The van der Waals surface area contributed by atoms with E-state index in [-0.39, 0.29) is 30.9 Å². The van der Waals surface area contributed by atoms with Crippen molar-refractivity contribution in [1.29, 1.82) is 0 Å². The van der Waals surface area contributed by atoms with Gasteiger partial charge in [-0.3, -0.25) is 4.79 Å². The number of halogens is 1. The zero-order valence-corrected chi connectivity index (χ0v) is 22.8. The molecule has 1 amide bonds. The second kappa shape index (κ2) is 10.2. The third-order valence-corrected chi connectivity index (χ3v) is 7.47. The normalized spacial score (nSPS) is 17.0. The summed E-state index contributed by atoms with van der Waals surface area (Å²) in [5.41, 5.74) is 6.22. The number of nitrogens with zero attached hydrogens (tertiary/aromatic N) is 3. The van der Waals surface area contributed by atoms with Crippen molar-refractivity contribution in [3.8, 4) is 17.0 Å². The van der Waals surface area contributed by atoms with Gasteiger partial charge in [0, 0.05) is 26.6 Å². The monoisotopic (exact) mass is 545 g/mol. The molecular weight excluding hydrogens is 509 g/mol. The van der Waals surface area contributed by atoms with Crippen LogP contribution in [0.3, 0.4) is 0 Å². The number of anilines is 2. The third-order valence-electron chi connectivity index (χ3n) is 6.23. The zero-order valence-electron chi connectivity index (χ0n) is 22.0. The first-order valence-corrected chi connectivity index (χ1v) is 13.8. The van der Waals surface area contributed by atoms with Crippen LogP contribution in [0.15, 0.2) is 53.6 Å². The lowest BCUT2D eigenvalue weighted by Crippen LogP contribution is -2.41. The number of nitrogen functional groups attached to an aromatic ring is 1. The summed E-state index contributed by atoms with van der Waals surface area (Å²) in [5, 5.41) is -0.371. The summed E-state index contributed by atoms with van der Waals surface area (Å²) in [5.74, 6) is -0.361. The number of hydrogen-bond donors (Lipinski definition) is 2. The largest absolute Gasteiger partial charge is 0.491 e. The van der Waals surface area contributed by atoms with Gasteiger partial charge >= 0.3 is 0 Å². The van der Waals surface area contributed by atoms with Crippen molar-refractivity contribution in [2.24, 2.45) is 5.92 Å². The van der Waals surface area contributed by atoms with E-state index in [2.05, 4.69) is 16.6 Å². The molecule has 3 N–H and O–H groups in total. The van der Waals surface area contributed by atoms with Crippen LogP contribution in [0.1, 0.15) is 54.3 Å². The van der Waals surface area contributed by atoms with Gasteiger partial charge in [-0.15, -0.1) is 0 Å². The molecule has 1 aromatic carbocycles. The summed E-state index contributed by atoms with van der Waals surface area (Å²) in [4.78, 5) is 23.9. The van der Waals surface area contributed by atoms with Gasteiger partial charge in [0.25, 0.3) is 15.9 Å². The Morgan fingerprint density at radius 2 is 1.95 bits per heavy atom. The van der Waals surface area contributed by atoms with Crippen LogP contribution in [0, 0.1) is 11.7 Å². The zero-order chi connectivity index (χ0) is 27.8. The van der Waals surface area contributed by atoms with Crippen molar-refractivity contribution in [1.82, 2.24) is 14.7 Å². The van der Waals surface area contributed by atoms with Crippen molar-refractivity contribution in [2.45, 2.75) is 57.7 Å². The first kappa shape index (κ1) is 27.3. The predicted octanol–water partition coefficient (Wildman–Crippen LogP) is 4.89. The molecule has 9 nitrogen and oxygen atoms in total. The van der Waals surface area contributed by atoms with Crippen molar-refractivity contribution in [3.05, 3.63) is 59.9 Å². The molecule has 11 heteroatoms. The van der Waals surface area contributed by atoms with Crippen LogP contribution in [-0.4, -0.2) is 42.5 Å². The quantitative estimate of drug-likeness (QED) is 0.430. The van der Waals surface area contributed by atoms with E-state index in [9.17, 15) is 17.6 Å². The van der Waals surface area contributed by atoms with Gasteiger partial charge in [0.1, 0.15) is 23.2 Å². The van der Waals surface area contributed by atoms with E-state index in [1.807, 2.05) is 32.6 Å². The topological polar surface area (TPSA) is 128 Å². The maximum absolute atomic E-state index is 14.5. The second-order valence-corrected chi connectivity index (χ2v) is 12.1. The molecule has 1 unspecified atom stereocenters. The number of pyridine rings is 2. The van der Waals surface area contributed by atoms with E-state index in [0.29, 0.717) is 35.3 Å². The molecule has 1 fully saturated rings. The Balaban J connectivity index is 0.00000280. The molecule has 3 heterocycles. The summed E-state index contributed by atoms with van der Waals surface area (Å²) in [6.07, 6.45) is 0.695. The second-order valence-electron chi connectivity index (χ2n) is 10.5. The molecule has 4 rings (SSSR count). The molecular formula is C27H36FN5O4S.